The maximum absolute atomic E-state index is 6.38. The van der Waals surface area contributed by atoms with Crippen LogP contribution in [0.3, 0.4) is 0 Å². The van der Waals surface area contributed by atoms with E-state index in [1.54, 1.807) is 0 Å². The Labute approximate surface area is 136 Å². The van der Waals surface area contributed by atoms with Gasteiger partial charge in [0, 0.05) is 16.3 Å². The fraction of sp³-hybridized carbons (Fsp3) is 0.0588. The van der Waals surface area contributed by atoms with E-state index >= 15 is 0 Å². The van der Waals surface area contributed by atoms with Crippen LogP contribution in [0.5, 0.6) is 0 Å². The summed E-state index contributed by atoms with van der Waals surface area (Å²) in [7, 11) is 0. The van der Waals surface area contributed by atoms with Gasteiger partial charge >= 0.3 is 0 Å². The largest absolute Gasteiger partial charge is 0.280 e. The maximum atomic E-state index is 6.38. The van der Waals surface area contributed by atoms with Gasteiger partial charge in [0.1, 0.15) is 11.0 Å². The van der Waals surface area contributed by atoms with Gasteiger partial charge in [-0.25, -0.2) is 4.98 Å². The Balaban J connectivity index is 2.23. The molecule has 4 aromatic rings. The molecule has 2 heterocycles. The second kappa shape index (κ2) is 4.97. The van der Waals surface area contributed by atoms with Crippen LogP contribution < -0.4 is 0 Å². The van der Waals surface area contributed by atoms with E-state index in [0.29, 0.717) is 10.0 Å². The molecule has 0 saturated carbocycles. The van der Waals surface area contributed by atoms with E-state index in [1.807, 2.05) is 49.4 Å². The highest BCUT2D eigenvalue weighted by atomic mass is 35.5. The van der Waals surface area contributed by atoms with E-state index in [-0.39, 0.29) is 0 Å². The van der Waals surface area contributed by atoms with Crippen molar-refractivity contribution in [2.45, 2.75) is 6.92 Å². The van der Waals surface area contributed by atoms with Crippen molar-refractivity contribution in [1.82, 2.24) is 15.2 Å². The third-order valence-corrected chi connectivity index (χ3v) is 4.41. The maximum Gasteiger partial charge on any atom is 0.119 e. The first-order chi connectivity index (χ1) is 10.7. The van der Waals surface area contributed by atoms with Crippen molar-refractivity contribution in [3.05, 3.63) is 58.2 Å². The number of H-pyrrole nitrogens is 1. The average molecular weight is 328 g/mol. The molecule has 5 heteroatoms. The first-order valence-corrected chi connectivity index (χ1v) is 7.60. The van der Waals surface area contributed by atoms with E-state index in [9.17, 15) is 0 Å². The molecule has 0 saturated heterocycles. The van der Waals surface area contributed by atoms with Crippen molar-refractivity contribution >= 4 is 45.0 Å². The number of hydrogen-bond acceptors (Lipinski definition) is 2. The number of aromatic amines is 1. The van der Waals surface area contributed by atoms with Gasteiger partial charge in [0.25, 0.3) is 0 Å². The molecule has 4 rings (SSSR count). The molecule has 0 atom stereocenters. The number of aromatic nitrogens is 3. The SMILES string of the molecule is Cc1[nH]nc2c1nc(-c1c(Cl)cccc1Cl)c1ccccc12. The third kappa shape index (κ3) is 1.90. The molecule has 0 radical (unpaired) electrons. The van der Waals surface area contributed by atoms with Crippen molar-refractivity contribution in [3.8, 4) is 11.3 Å². The summed E-state index contributed by atoms with van der Waals surface area (Å²) in [5.74, 6) is 0. The van der Waals surface area contributed by atoms with Crippen molar-refractivity contribution in [1.29, 1.82) is 0 Å². The van der Waals surface area contributed by atoms with Crippen LogP contribution in [0, 0.1) is 6.92 Å². The molecule has 0 spiro atoms. The highest BCUT2D eigenvalue weighted by Crippen LogP contribution is 2.39. The molecule has 0 aliphatic rings. The normalized spacial score (nSPS) is 11.4. The van der Waals surface area contributed by atoms with Gasteiger partial charge in [-0.1, -0.05) is 53.5 Å². The van der Waals surface area contributed by atoms with Crippen LogP contribution in [0.2, 0.25) is 10.0 Å². The van der Waals surface area contributed by atoms with Crippen LogP contribution in [0.15, 0.2) is 42.5 Å². The lowest BCUT2D eigenvalue weighted by Gasteiger charge is -2.10. The molecule has 0 aliphatic carbocycles. The molecule has 2 aromatic heterocycles. The zero-order valence-electron chi connectivity index (χ0n) is 11.7. The first kappa shape index (κ1) is 13.6. The van der Waals surface area contributed by atoms with Crippen LogP contribution >= 0.6 is 23.2 Å². The standard InChI is InChI=1S/C17H11Cl2N3/c1-9-15-17(22-21-9)11-6-3-2-5-10(11)16(20-15)14-12(18)7-4-8-13(14)19/h2-8H,1H3,(H,21,22). The summed E-state index contributed by atoms with van der Waals surface area (Å²) in [4.78, 5) is 4.79. The van der Waals surface area contributed by atoms with Crippen molar-refractivity contribution in [3.63, 3.8) is 0 Å². The van der Waals surface area contributed by atoms with E-state index in [1.165, 1.54) is 0 Å². The summed E-state index contributed by atoms with van der Waals surface area (Å²) in [6.07, 6.45) is 0. The van der Waals surface area contributed by atoms with Gasteiger partial charge in [-0.05, 0) is 19.1 Å². The number of nitrogens with one attached hydrogen (secondary N) is 1. The average Bonchev–Trinajstić information content (AvgIpc) is 2.89. The lowest BCUT2D eigenvalue weighted by Crippen LogP contribution is -1.91. The van der Waals surface area contributed by atoms with Crippen molar-refractivity contribution in [2.24, 2.45) is 0 Å². The van der Waals surface area contributed by atoms with Crippen LogP contribution in [-0.4, -0.2) is 15.2 Å². The van der Waals surface area contributed by atoms with Crippen molar-refractivity contribution in [2.75, 3.05) is 0 Å². The smallest absolute Gasteiger partial charge is 0.119 e. The summed E-state index contributed by atoms with van der Waals surface area (Å²) in [5.41, 5.74) is 4.16. The van der Waals surface area contributed by atoms with Crippen LogP contribution in [0.4, 0.5) is 0 Å². The van der Waals surface area contributed by atoms with Gasteiger partial charge in [0.05, 0.1) is 21.4 Å². The topological polar surface area (TPSA) is 41.6 Å². The Hall–Kier alpha value is -2.10. The molecule has 1 N–H and O–H groups in total. The molecule has 0 aliphatic heterocycles. The Kier molecular flexibility index (Phi) is 3.06. The third-order valence-electron chi connectivity index (χ3n) is 3.78. The molecular formula is C17H11Cl2N3. The Morgan fingerprint density at radius 1 is 0.864 bits per heavy atom. The highest BCUT2D eigenvalue weighted by molar-refractivity contribution is 6.39. The molecule has 0 bridgehead atoms. The summed E-state index contributed by atoms with van der Waals surface area (Å²) in [5, 5.41) is 10.6. The molecule has 0 amide bonds. The van der Waals surface area contributed by atoms with E-state index in [2.05, 4.69) is 10.2 Å². The zero-order valence-corrected chi connectivity index (χ0v) is 13.2. The molecule has 22 heavy (non-hydrogen) atoms. The first-order valence-electron chi connectivity index (χ1n) is 6.84. The Morgan fingerprint density at radius 2 is 1.55 bits per heavy atom. The summed E-state index contributed by atoms with van der Waals surface area (Å²) >= 11 is 12.8. The number of pyridine rings is 1. The molecule has 2 aromatic carbocycles. The number of aryl methyl sites for hydroxylation is 1. The minimum atomic E-state index is 0.589. The monoisotopic (exact) mass is 327 g/mol. The number of halogens is 2. The van der Waals surface area contributed by atoms with Gasteiger partial charge in [0.2, 0.25) is 0 Å². The lowest BCUT2D eigenvalue weighted by molar-refractivity contribution is 1.07. The predicted molar refractivity (Wildman–Crippen MR) is 91.6 cm³/mol. The molecule has 108 valence electrons. The highest BCUT2D eigenvalue weighted by Gasteiger charge is 2.17. The van der Waals surface area contributed by atoms with Gasteiger partial charge in [-0.2, -0.15) is 5.10 Å². The number of hydrogen-bond donors (Lipinski definition) is 1. The second-order valence-electron chi connectivity index (χ2n) is 5.15. The fourth-order valence-electron chi connectivity index (χ4n) is 2.73. The van der Waals surface area contributed by atoms with Gasteiger partial charge in [0.15, 0.2) is 0 Å². The van der Waals surface area contributed by atoms with Crippen molar-refractivity contribution < 1.29 is 0 Å². The number of fused-ring (bicyclic) bond motifs is 3. The fourth-order valence-corrected chi connectivity index (χ4v) is 3.31. The second-order valence-corrected chi connectivity index (χ2v) is 5.96. The number of rotatable bonds is 1. The summed E-state index contributed by atoms with van der Waals surface area (Å²) in [6.45, 7) is 1.95. The quantitative estimate of drug-likeness (QED) is 0.509. The zero-order chi connectivity index (χ0) is 15.3. The van der Waals surface area contributed by atoms with Gasteiger partial charge in [-0.15, -0.1) is 0 Å². The summed E-state index contributed by atoms with van der Waals surface area (Å²) in [6, 6.07) is 13.5. The molecular weight excluding hydrogens is 317 g/mol. The van der Waals surface area contributed by atoms with E-state index < -0.39 is 0 Å². The minimum absolute atomic E-state index is 0.589. The van der Waals surface area contributed by atoms with E-state index in [4.69, 9.17) is 28.2 Å². The molecule has 0 unspecified atom stereocenters. The Morgan fingerprint density at radius 3 is 2.27 bits per heavy atom. The Bertz CT molecular complexity index is 1000. The molecule has 0 fully saturated rings. The van der Waals surface area contributed by atoms with Gasteiger partial charge < -0.3 is 0 Å². The lowest BCUT2D eigenvalue weighted by atomic mass is 10.0. The van der Waals surface area contributed by atoms with Crippen LogP contribution in [0.25, 0.3) is 33.1 Å². The predicted octanol–water partition coefficient (Wildman–Crippen LogP) is 5.39. The summed E-state index contributed by atoms with van der Waals surface area (Å²) < 4.78 is 0. The number of benzene rings is 2. The van der Waals surface area contributed by atoms with Crippen LogP contribution in [0.1, 0.15) is 5.69 Å². The van der Waals surface area contributed by atoms with E-state index in [0.717, 1.165) is 38.8 Å². The number of nitrogens with zero attached hydrogens (tertiary/aromatic N) is 2. The minimum Gasteiger partial charge on any atom is -0.280 e. The van der Waals surface area contributed by atoms with Crippen LogP contribution in [-0.2, 0) is 0 Å². The van der Waals surface area contributed by atoms with Gasteiger partial charge in [-0.3, -0.25) is 5.10 Å². The molecule has 3 nitrogen and oxygen atoms in total.